The fourth-order valence-electron chi connectivity index (χ4n) is 7.40. The molecule has 0 saturated carbocycles. The van der Waals surface area contributed by atoms with Gasteiger partial charge in [-0.05, 0) is 103 Å². The second kappa shape index (κ2) is 14.8. The predicted molar refractivity (Wildman–Crippen MR) is 226 cm³/mol. The van der Waals surface area contributed by atoms with E-state index in [1.54, 1.807) is 54.6 Å². The Morgan fingerprint density at radius 2 is 1.00 bits per heavy atom. The molecule has 58 heavy (non-hydrogen) atoms. The van der Waals surface area contributed by atoms with E-state index in [1.165, 1.54) is 0 Å². The molecule has 0 aliphatic rings. The van der Waals surface area contributed by atoms with Crippen molar-refractivity contribution in [2.45, 2.75) is 0 Å². The Balaban J connectivity index is 1.23. The summed E-state index contributed by atoms with van der Waals surface area (Å²) in [5.41, 5.74) is 9.95. The smallest absolute Gasteiger partial charge is 0.160 e. The summed E-state index contributed by atoms with van der Waals surface area (Å²) in [6.45, 7) is 0. The number of rotatable bonds is 7. The van der Waals surface area contributed by atoms with E-state index >= 15 is 0 Å². The van der Waals surface area contributed by atoms with Gasteiger partial charge >= 0.3 is 0 Å². The lowest BCUT2D eigenvalue weighted by Crippen LogP contribution is -2.09. The molecule has 0 N–H and O–H groups in total. The Morgan fingerprint density at radius 3 is 1.62 bits per heavy atom. The number of hydrogen-bond acceptors (Lipinski definition) is 7. The summed E-state index contributed by atoms with van der Waals surface area (Å²) in [7, 11) is 0. The van der Waals surface area contributed by atoms with Gasteiger partial charge in [-0.25, -0.2) is 9.97 Å². The second-order valence-electron chi connectivity index (χ2n) is 13.5. The number of aromatic nitrogens is 3. The Hall–Kier alpha value is -8.82. The number of para-hydroxylation sites is 3. The van der Waals surface area contributed by atoms with Gasteiger partial charge in [0.2, 0.25) is 0 Å². The molecule has 8 heteroatoms. The van der Waals surface area contributed by atoms with Gasteiger partial charge in [-0.3, -0.25) is 0 Å². The number of benzene rings is 7. The molecule has 0 saturated heterocycles. The molecule has 7 aromatic carbocycles. The first kappa shape index (κ1) is 34.9. The predicted octanol–water partition coefficient (Wildman–Crippen LogP) is 11.5. The zero-order valence-electron chi connectivity index (χ0n) is 30.7. The van der Waals surface area contributed by atoms with Crippen molar-refractivity contribution in [3.8, 4) is 63.9 Å². The highest BCUT2D eigenvalue weighted by Crippen LogP contribution is 2.41. The van der Waals surface area contributed by atoms with Crippen LogP contribution < -0.4 is 4.90 Å². The Kier molecular flexibility index (Phi) is 8.90. The van der Waals surface area contributed by atoms with Crippen LogP contribution in [0.25, 0.3) is 61.4 Å². The molecule has 0 unspecified atom stereocenters. The van der Waals surface area contributed by atoms with Crippen molar-refractivity contribution in [1.29, 1.82) is 21.0 Å². The highest BCUT2D eigenvalue weighted by atomic mass is 15.1. The molecular formula is C50H28N8. The van der Waals surface area contributed by atoms with Gasteiger partial charge in [0, 0.05) is 44.5 Å². The van der Waals surface area contributed by atoms with E-state index < -0.39 is 0 Å². The van der Waals surface area contributed by atoms with Crippen LogP contribution in [-0.4, -0.2) is 14.5 Å². The van der Waals surface area contributed by atoms with Gasteiger partial charge in [0.25, 0.3) is 0 Å². The van der Waals surface area contributed by atoms with Crippen molar-refractivity contribution in [3.05, 3.63) is 192 Å². The average Bonchev–Trinajstić information content (AvgIpc) is 3.62. The van der Waals surface area contributed by atoms with E-state index in [0.717, 1.165) is 44.4 Å². The molecule has 0 atom stereocenters. The van der Waals surface area contributed by atoms with Crippen molar-refractivity contribution in [2.24, 2.45) is 0 Å². The third kappa shape index (κ3) is 6.22. The maximum absolute atomic E-state index is 10.8. The van der Waals surface area contributed by atoms with Crippen LogP contribution in [-0.2, 0) is 0 Å². The van der Waals surface area contributed by atoms with Gasteiger partial charge in [-0.1, -0.05) is 66.7 Å². The fourth-order valence-corrected chi connectivity index (χ4v) is 7.40. The van der Waals surface area contributed by atoms with Gasteiger partial charge in [-0.2, -0.15) is 21.0 Å². The molecule has 0 radical (unpaired) electrons. The molecule has 9 rings (SSSR count). The molecule has 0 spiro atoms. The van der Waals surface area contributed by atoms with E-state index in [0.29, 0.717) is 56.3 Å². The number of fused-ring (bicyclic) bond motifs is 3. The summed E-state index contributed by atoms with van der Waals surface area (Å²) in [5.74, 6) is 0.381. The largest absolute Gasteiger partial charge is 0.310 e. The molecule has 2 aromatic heterocycles. The summed E-state index contributed by atoms with van der Waals surface area (Å²) in [5, 5.41) is 42.3. The van der Waals surface area contributed by atoms with Crippen LogP contribution >= 0.6 is 0 Å². The van der Waals surface area contributed by atoms with Crippen LogP contribution in [0.2, 0.25) is 0 Å². The van der Waals surface area contributed by atoms with Crippen LogP contribution in [0.5, 0.6) is 0 Å². The number of nitrogens with zero attached hydrogens (tertiary/aromatic N) is 8. The lowest BCUT2D eigenvalue weighted by Gasteiger charge is -2.25. The molecule has 0 bridgehead atoms. The van der Waals surface area contributed by atoms with E-state index in [9.17, 15) is 21.0 Å². The lowest BCUT2D eigenvalue weighted by molar-refractivity contribution is 1.15. The molecule has 0 aliphatic heterocycles. The monoisotopic (exact) mass is 740 g/mol. The second-order valence-corrected chi connectivity index (χ2v) is 13.5. The van der Waals surface area contributed by atoms with Crippen molar-refractivity contribution in [1.82, 2.24) is 14.5 Å². The topological polar surface area (TPSA) is 129 Å². The van der Waals surface area contributed by atoms with Crippen LogP contribution in [0, 0.1) is 45.3 Å². The Morgan fingerprint density at radius 1 is 0.431 bits per heavy atom. The number of nitriles is 4. The van der Waals surface area contributed by atoms with Crippen LogP contribution in [0.4, 0.5) is 17.1 Å². The normalized spacial score (nSPS) is 10.7. The first-order valence-corrected chi connectivity index (χ1v) is 18.4. The first-order chi connectivity index (χ1) is 28.6. The van der Waals surface area contributed by atoms with Crippen molar-refractivity contribution >= 4 is 38.9 Å². The third-order valence-electron chi connectivity index (χ3n) is 10.1. The molecule has 9 aromatic rings. The summed E-state index contributed by atoms with van der Waals surface area (Å²) in [4.78, 5) is 12.0. The van der Waals surface area contributed by atoms with Gasteiger partial charge in [-0.15, -0.1) is 0 Å². The minimum absolute atomic E-state index is 0.325. The molecule has 2 heterocycles. The van der Waals surface area contributed by atoms with Crippen LogP contribution in [0.3, 0.4) is 0 Å². The van der Waals surface area contributed by atoms with Gasteiger partial charge in [0.1, 0.15) is 6.07 Å². The van der Waals surface area contributed by atoms with Gasteiger partial charge in [0.05, 0.1) is 68.6 Å². The lowest BCUT2D eigenvalue weighted by atomic mass is 9.98. The van der Waals surface area contributed by atoms with E-state index in [-0.39, 0.29) is 0 Å². The van der Waals surface area contributed by atoms with Crippen molar-refractivity contribution in [2.75, 3.05) is 4.90 Å². The SMILES string of the molecule is N#Cc1ccc(-c2cc(-c3cc(C#N)c(-n4c5ccccc5c5cc(N(c6ccccc6)c6ccccc6)ccc54)cc3C#N)nc(-c3ccc(C#N)cc3)n2)cc1. The first-order valence-electron chi connectivity index (χ1n) is 18.4. The standard InChI is InChI=1S/C50H28N8/c51-29-33-15-19-35(20-16-33)45-28-46(56-50(55-45)36-21-17-34(30-52)18-22-36)43-25-38(32-54)49(26-37(43)31-53)58-47-14-8-7-13-42(47)44-27-41(23-24-48(44)58)57(39-9-3-1-4-10-39)40-11-5-2-6-12-40/h1-28H. The molecule has 0 amide bonds. The van der Waals surface area contributed by atoms with Crippen molar-refractivity contribution in [3.63, 3.8) is 0 Å². The maximum Gasteiger partial charge on any atom is 0.160 e. The van der Waals surface area contributed by atoms with Crippen LogP contribution in [0.1, 0.15) is 22.3 Å². The number of anilines is 3. The number of hydrogen-bond donors (Lipinski definition) is 0. The fraction of sp³-hybridized carbons (Fsp3) is 0. The van der Waals surface area contributed by atoms with E-state index in [4.69, 9.17) is 9.97 Å². The zero-order chi connectivity index (χ0) is 39.6. The van der Waals surface area contributed by atoms with E-state index in [2.05, 4.69) is 82.3 Å². The highest BCUT2D eigenvalue weighted by molar-refractivity contribution is 6.11. The third-order valence-corrected chi connectivity index (χ3v) is 10.1. The maximum atomic E-state index is 10.8. The molecule has 0 fully saturated rings. The summed E-state index contributed by atoms with van der Waals surface area (Å²) < 4.78 is 2.05. The van der Waals surface area contributed by atoms with E-state index in [1.807, 2.05) is 66.7 Å². The highest BCUT2D eigenvalue weighted by Gasteiger charge is 2.22. The minimum Gasteiger partial charge on any atom is -0.310 e. The molecule has 8 nitrogen and oxygen atoms in total. The quantitative estimate of drug-likeness (QED) is 0.159. The Labute approximate surface area is 334 Å². The molecule has 268 valence electrons. The summed E-state index contributed by atoms with van der Waals surface area (Å²) in [6.07, 6.45) is 0. The molecule has 0 aliphatic carbocycles. The summed E-state index contributed by atoms with van der Waals surface area (Å²) in [6, 6.07) is 63.3. The Bertz CT molecular complexity index is 3080. The minimum atomic E-state index is 0.325. The molecular weight excluding hydrogens is 713 g/mol. The average molecular weight is 741 g/mol. The zero-order valence-corrected chi connectivity index (χ0v) is 30.7. The van der Waals surface area contributed by atoms with Crippen molar-refractivity contribution < 1.29 is 0 Å². The van der Waals surface area contributed by atoms with Crippen LogP contribution in [0.15, 0.2) is 170 Å². The summed E-state index contributed by atoms with van der Waals surface area (Å²) >= 11 is 0. The van der Waals surface area contributed by atoms with Gasteiger partial charge < -0.3 is 9.47 Å². The van der Waals surface area contributed by atoms with Gasteiger partial charge in [0.15, 0.2) is 5.82 Å².